The van der Waals surface area contributed by atoms with E-state index in [1.54, 1.807) is 6.07 Å². The third kappa shape index (κ3) is 3.14. The summed E-state index contributed by atoms with van der Waals surface area (Å²) in [7, 11) is 0. The van der Waals surface area contributed by atoms with Gasteiger partial charge in [-0.05, 0) is 29.5 Å². The van der Waals surface area contributed by atoms with Gasteiger partial charge in [-0.3, -0.25) is 0 Å². The normalized spacial score (nSPS) is 10.6. The Balaban J connectivity index is 2.61. The molecule has 0 fully saturated rings. The molecule has 0 amide bonds. The molecular weight excluding hydrogens is 236 g/mol. The van der Waals surface area contributed by atoms with Crippen molar-refractivity contribution in [1.29, 1.82) is 0 Å². The van der Waals surface area contributed by atoms with Crippen LogP contribution in [-0.4, -0.2) is 0 Å². The molecule has 0 unspecified atom stereocenters. The molecule has 100 valence electrons. The molecule has 19 heavy (non-hydrogen) atoms. The maximum Gasteiger partial charge on any atom is 0.336 e. The highest BCUT2D eigenvalue weighted by Gasteiger charge is 2.13. The van der Waals surface area contributed by atoms with E-state index in [4.69, 9.17) is 4.42 Å². The van der Waals surface area contributed by atoms with E-state index in [9.17, 15) is 4.79 Å². The fourth-order valence-corrected chi connectivity index (χ4v) is 2.40. The second kappa shape index (κ2) is 6.37. The van der Waals surface area contributed by atoms with Gasteiger partial charge in [-0.1, -0.05) is 50.6 Å². The molecule has 0 aliphatic carbocycles. The fourth-order valence-electron chi connectivity index (χ4n) is 2.40. The highest BCUT2D eigenvalue weighted by Crippen LogP contribution is 2.26. The Hall–Kier alpha value is -1.83. The van der Waals surface area contributed by atoms with Gasteiger partial charge in [-0.25, -0.2) is 4.79 Å². The number of hydrogen-bond donors (Lipinski definition) is 0. The van der Waals surface area contributed by atoms with Crippen molar-refractivity contribution in [1.82, 2.24) is 0 Å². The van der Waals surface area contributed by atoms with Crippen molar-refractivity contribution in [3.8, 4) is 11.1 Å². The van der Waals surface area contributed by atoms with Gasteiger partial charge in [-0.15, -0.1) is 0 Å². The quantitative estimate of drug-likeness (QED) is 0.802. The molecule has 0 bridgehead atoms. The lowest BCUT2D eigenvalue weighted by molar-refractivity contribution is 0.449. The van der Waals surface area contributed by atoms with E-state index in [0.717, 1.165) is 42.6 Å². The predicted octanol–water partition coefficient (Wildman–Crippen LogP) is 4.21. The number of aryl methyl sites for hydroxylation is 1. The van der Waals surface area contributed by atoms with Crippen molar-refractivity contribution >= 4 is 0 Å². The first-order valence-electron chi connectivity index (χ1n) is 6.97. The Kier molecular flexibility index (Phi) is 4.56. The van der Waals surface area contributed by atoms with Crippen LogP contribution < -0.4 is 5.63 Å². The molecular formula is C17H20O2. The van der Waals surface area contributed by atoms with Gasteiger partial charge < -0.3 is 4.42 Å². The second-order valence-electron chi connectivity index (χ2n) is 4.75. The third-order valence-electron chi connectivity index (χ3n) is 3.21. The molecule has 0 spiro atoms. The molecule has 2 nitrogen and oxygen atoms in total. The highest BCUT2D eigenvalue weighted by atomic mass is 16.4. The first kappa shape index (κ1) is 13.6. The topological polar surface area (TPSA) is 30.2 Å². The van der Waals surface area contributed by atoms with E-state index >= 15 is 0 Å². The molecule has 2 rings (SSSR count). The van der Waals surface area contributed by atoms with Crippen LogP contribution in [0, 0.1) is 0 Å². The maximum absolute atomic E-state index is 11.7. The second-order valence-corrected chi connectivity index (χ2v) is 4.75. The van der Waals surface area contributed by atoms with Gasteiger partial charge in [0, 0.05) is 12.5 Å². The zero-order valence-electron chi connectivity index (χ0n) is 11.6. The molecule has 0 N–H and O–H groups in total. The molecule has 1 aromatic carbocycles. The van der Waals surface area contributed by atoms with Crippen molar-refractivity contribution in [2.45, 2.75) is 39.5 Å². The van der Waals surface area contributed by atoms with E-state index < -0.39 is 0 Å². The van der Waals surface area contributed by atoms with E-state index in [-0.39, 0.29) is 5.63 Å². The molecule has 0 radical (unpaired) electrons. The number of hydrogen-bond acceptors (Lipinski definition) is 2. The van der Waals surface area contributed by atoms with Crippen LogP contribution in [0.5, 0.6) is 0 Å². The molecule has 1 heterocycles. The molecule has 2 heteroatoms. The van der Waals surface area contributed by atoms with E-state index in [2.05, 4.69) is 13.8 Å². The Morgan fingerprint density at radius 3 is 2.32 bits per heavy atom. The summed E-state index contributed by atoms with van der Waals surface area (Å²) in [6.45, 7) is 4.25. The highest BCUT2D eigenvalue weighted by molar-refractivity contribution is 5.67. The van der Waals surface area contributed by atoms with Crippen LogP contribution in [0.4, 0.5) is 0 Å². The van der Waals surface area contributed by atoms with Crippen molar-refractivity contribution in [2.75, 3.05) is 0 Å². The van der Waals surface area contributed by atoms with Crippen LogP contribution in [0.3, 0.4) is 0 Å². The fraction of sp³-hybridized carbons (Fsp3) is 0.353. The SMILES string of the molecule is CCCc1oc(=O)cc(-c2ccccc2)c1CCC. The predicted molar refractivity (Wildman–Crippen MR) is 78.4 cm³/mol. The monoisotopic (exact) mass is 256 g/mol. The van der Waals surface area contributed by atoms with Gasteiger partial charge in [0.2, 0.25) is 0 Å². The van der Waals surface area contributed by atoms with Crippen molar-refractivity contribution < 1.29 is 4.42 Å². The molecule has 2 aromatic rings. The summed E-state index contributed by atoms with van der Waals surface area (Å²) in [5.74, 6) is 0.857. The molecule has 0 saturated heterocycles. The Bertz CT molecular complexity index is 582. The Morgan fingerprint density at radius 2 is 1.68 bits per heavy atom. The Labute approximate surface area is 114 Å². The van der Waals surface area contributed by atoms with Crippen molar-refractivity contribution in [2.24, 2.45) is 0 Å². The summed E-state index contributed by atoms with van der Waals surface area (Å²) in [5, 5.41) is 0. The van der Waals surface area contributed by atoms with Crippen LogP contribution in [0.15, 0.2) is 45.6 Å². The van der Waals surface area contributed by atoms with Gasteiger partial charge in [-0.2, -0.15) is 0 Å². The average molecular weight is 256 g/mol. The lowest BCUT2D eigenvalue weighted by Crippen LogP contribution is -2.07. The summed E-state index contributed by atoms with van der Waals surface area (Å²) in [5.41, 5.74) is 3.07. The van der Waals surface area contributed by atoms with Crippen LogP contribution in [0.2, 0.25) is 0 Å². The summed E-state index contributed by atoms with van der Waals surface area (Å²) in [6, 6.07) is 11.7. The Morgan fingerprint density at radius 1 is 1.00 bits per heavy atom. The summed E-state index contributed by atoms with van der Waals surface area (Å²) >= 11 is 0. The van der Waals surface area contributed by atoms with Crippen LogP contribution in [-0.2, 0) is 12.8 Å². The van der Waals surface area contributed by atoms with Crippen LogP contribution in [0.25, 0.3) is 11.1 Å². The van der Waals surface area contributed by atoms with E-state index in [1.165, 1.54) is 5.56 Å². The standard InChI is InChI=1S/C17H20O2/c1-3-8-14-15(13-10-6-5-7-11-13)12-17(18)19-16(14)9-4-2/h5-7,10-12H,3-4,8-9H2,1-2H3. The molecule has 1 aromatic heterocycles. The third-order valence-corrected chi connectivity index (χ3v) is 3.21. The van der Waals surface area contributed by atoms with Crippen molar-refractivity contribution in [3.63, 3.8) is 0 Å². The zero-order valence-corrected chi connectivity index (χ0v) is 11.6. The van der Waals surface area contributed by atoms with E-state index in [1.807, 2.05) is 30.3 Å². The van der Waals surface area contributed by atoms with Crippen LogP contribution in [0.1, 0.15) is 38.0 Å². The van der Waals surface area contributed by atoms with Gasteiger partial charge in [0.1, 0.15) is 5.76 Å². The van der Waals surface area contributed by atoms with Gasteiger partial charge >= 0.3 is 5.63 Å². The largest absolute Gasteiger partial charge is 0.428 e. The summed E-state index contributed by atoms with van der Waals surface area (Å²) in [6.07, 6.45) is 3.80. The molecule has 0 aliphatic heterocycles. The molecule has 0 aliphatic rings. The summed E-state index contributed by atoms with van der Waals surface area (Å²) < 4.78 is 5.41. The minimum atomic E-state index is -0.248. The minimum absolute atomic E-state index is 0.248. The first-order valence-corrected chi connectivity index (χ1v) is 6.97. The number of benzene rings is 1. The van der Waals surface area contributed by atoms with E-state index in [0.29, 0.717) is 0 Å². The van der Waals surface area contributed by atoms with Crippen LogP contribution >= 0.6 is 0 Å². The van der Waals surface area contributed by atoms with Gasteiger partial charge in [0.15, 0.2) is 0 Å². The first-order chi connectivity index (χ1) is 9.26. The lowest BCUT2D eigenvalue weighted by Gasteiger charge is -2.12. The minimum Gasteiger partial charge on any atom is -0.428 e. The molecule has 0 atom stereocenters. The van der Waals surface area contributed by atoms with Gasteiger partial charge in [0.05, 0.1) is 0 Å². The molecule has 0 saturated carbocycles. The van der Waals surface area contributed by atoms with Gasteiger partial charge in [0.25, 0.3) is 0 Å². The zero-order chi connectivity index (χ0) is 13.7. The maximum atomic E-state index is 11.7. The summed E-state index contributed by atoms with van der Waals surface area (Å²) in [4.78, 5) is 11.7. The van der Waals surface area contributed by atoms with Crippen molar-refractivity contribution in [3.05, 3.63) is 58.1 Å². The smallest absolute Gasteiger partial charge is 0.336 e. The lowest BCUT2D eigenvalue weighted by atomic mass is 9.95. The average Bonchev–Trinajstić information content (AvgIpc) is 2.43. The number of rotatable bonds is 5.